The van der Waals surface area contributed by atoms with Gasteiger partial charge in [-0.3, -0.25) is 0 Å². The highest BCUT2D eigenvalue weighted by Crippen LogP contribution is 2.20. The van der Waals surface area contributed by atoms with Gasteiger partial charge in [0.15, 0.2) is 5.11 Å². The van der Waals surface area contributed by atoms with E-state index >= 15 is 0 Å². The molecule has 0 saturated carbocycles. The molecule has 0 fully saturated rings. The van der Waals surface area contributed by atoms with Gasteiger partial charge in [0.25, 0.3) is 0 Å². The molecule has 0 atom stereocenters. The molecular formula is C17H19BrN2S. The van der Waals surface area contributed by atoms with Crippen molar-refractivity contribution in [2.75, 3.05) is 12.4 Å². The van der Waals surface area contributed by atoms with E-state index in [2.05, 4.69) is 53.3 Å². The van der Waals surface area contributed by atoms with E-state index in [0.717, 1.165) is 21.8 Å². The second kappa shape index (κ2) is 7.05. The first-order chi connectivity index (χ1) is 9.99. The monoisotopic (exact) mass is 362 g/mol. The van der Waals surface area contributed by atoms with Crippen molar-refractivity contribution in [3.63, 3.8) is 0 Å². The van der Waals surface area contributed by atoms with Crippen LogP contribution < -0.4 is 5.32 Å². The van der Waals surface area contributed by atoms with Crippen LogP contribution in [-0.2, 0) is 6.54 Å². The van der Waals surface area contributed by atoms with Gasteiger partial charge in [0, 0.05) is 23.8 Å². The van der Waals surface area contributed by atoms with Crippen LogP contribution in [0.4, 0.5) is 5.69 Å². The molecule has 0 amide bonds. The van der Waals surface area contributed by atoms with E-state index in [4.69, 9.17) is 12.2 Å². The molecule has 21 heavy (non-hydrogen) atoms. The van der Waals surface area contributed by atoms with Crippen molar-refractivity contribution < 1.29 is 0 Å². The average molecular weight is 363 g/mol. The van der Waals surface area contributed by atoms with Crippen molar-refractivity contribution in [2.24, 2.45) is 0 Å². The zero-order valence-electron chi connectivity index (χ0n) is 12.5. The molecule has 0 saturated heterocycles. The zero-order valence-corrected chi connectivity index (χ0v) is 14.9. The lowest BCUT2D eigenvalue weighted by Gasteiger charge is -2.22. The molecule has 0 heterocycles. The van der Waals surface area contributed by atoms with Gasteiger partial charge in [-0.25, -0.2) is 0 Å². The second-order valence-electron chi connectivity index (χ2n) is 5.13. The van der Waals surface area contributed by atoms with E-state index < -0.39 is 0 Å². The lowest BCUT2D eigenvalue weighted by Crippen LogP contribution is -2.31. The van der Waals surface area contributed by atoms with E-state index in [0.29, 0.717) is 0 Å². The Kier molecular flexibility index (Phi) is 5.37. The smallest absolute Gasteiger partial charge is 0.173 e. The summed E-state index contributed by atoms with van der Waals surface area (Å²) in [7, 11) is 2.00. The Labute approximate surface area is 140 Å². The first kappa shape index (κ1) is 16.0. The number of halogens is 1. The third-order valence-electron chi connectivity index (χ3n) is 3.56. The van der Waals surface area contributed by atoms with Gasteiger partial charge >= 0.3 is 0 Å². The molecule has 0 bridgehead atoms. The Morgan fingerprint density at radius 3 is 2.57 bits per heavy atom. The van der Waals surface area contributed by atoms with Crippen molar-refractivity contribution in [2.45, 2.75) is 20.4 Å². The number of anilines is 1. The van der Waals surface area contributed by atoms with Crippen LogP contribution in [0.25, 0.3) is 0 Å². The molecule has 2 nitrogen and oxygen atoms in total. The third kappa shape index (κ3) is 4.05. The number of nitrogens with zero attached hydrogens (tertiary/aromatic N) is 1. The number of hydrogen-bond acceptors (Lipinski definition) is 1. The van der Waals surface area contributed by atoms with E-state index in [1.54, 1.807) is 0 Å². The predicted molar refractivity (Wildman–Crippen MR) is 97.7 cm³/mol. The van der Waals surface area contributed by atoms with Crippen LogP contribution in [0, 0.1) is 13.8 Å². The summed E-state index contributed by atoms with van der Waals surface area (Å²) in [4.78, 5) is 2.04. The second-order valence-corrected chi connectivity index (χ2v) is 6.37. The minimum atomic E-state index is 0.722. The number of hydrogen-bond donors (Lipinski definition) is 1. The zero-order chi connectivity index (χ0) is 15.4. The maximum Gasteiger partial charge on any atom is 0.173 e. The van der Waals surface area contributed by atoms with Crippen LogP contribution in [0.3, 0.4) is 0 Å². The number of aryl methyl sites for hydroxylation is 1. The van der Waals surface area contributed by atoms with Crippen LogP contribution in [0.1, 0.15) is 16.7 Å². The first-order valence-electron chi connectivity index (χ1n) is 6.81. The molecule has 0 aliphatic heterocycles. The van der Waals surface area contributed by atoms with Gasteiger partial charge in [-0.05, 0) is 54.9 Å². The number of nitrogens with one attached hydrogen (secondary N) is 1. The fourth-order valence-corrected chi connectivity index (χ4v) is 2.64. The Bertz CT molecular complexity index is 655. The maximum absolute atomic E-state index is 5.50. The molecule has 0 radical (unpaired) electrons. The van der Waals surface area contributed by atoms with Crippen molar-refractivity contribution >= 4 is 38.9 Å². The molecule has 2 aromatic rings. The molecule has 0 aliphatic carbocycles. The summed E-state index contributed by atoms with van der Waals surface area (Å²) in [5.41, 5.74) is 4.77. The van der Waals surface area contributed by atoms with E-state index in [1.807, 2.05) is 36.2 Å². The van der Waals surface area contributed by atoms with Gasteiger partial charge in [-0.15, -0.1) is 0 Å². The molecule has 0 aliphatic rings. The quantitative estimate of drug-likeness (QED) is 0.782. The summed E-state index contributed by atoms with van der Waals surface area (Å²) in [6.45, 7) is 4.97. The van der Waals surface area contributed by atoms with Crippen molar-refractivity contribution in [3.8, 4) is 0 Å². The minimum absolute atomic E-state index is 0.722. The lowest BCUT2D eigenvalue weighted by molar-refractivity contribution is 0.507. The standard InChI is InChI=1S/C17H19BrN2S/c1-12-7-6-10-16(13(12)2)19-17(21)20(3)11-14-8-4-5-9-15(14)18/h4-10H,11H2,1-3H3,(H,19,21). The van der Waals surface area contributed by atoms with Gasteiger partial charge in [0.05, 0.1) is 0 Å². The predicted octanol–water partition coefficient (Wildman–Crippen LogP) is 4.89. The van der Waals surface area contributed by atoms with Crippen molar-refractivity contribution in [3.05, 3.63) is 63.6 Å². The van der Waals surface area contributed by atoms with Crippen molar-refractivity contribution in [1.29, 1.82) is 0 Å². The summed E-state index contributed by atoms with van der Waals surface area (Å²) >= 11 is 9.08. The molecule has 1 N–H and O–H groups in total. The van der Waals surface area contributed by atoms with Crippen LogP contribution >= 0.6 is 28.1 Å². The van der Waals surface area contributed by atoms with Crippen LogP contribution in [0.15, 0.2) is 46.9 Å². The first-order valence-corrected chi connectivity index (χ1v) is 8.01. The molecule has 2 aromatic carbocycles. The SMILES string of the molecule is Cc1cccc(NC(=S)N(C)Cc2ccccc2Br)c1C. The summed E-state index contributed by atoms with van der Waals surface area (Å²) < 4.78 is 1.10. The van der Waals surface area contributed by atoms with Crippen molar-refractivity contribution in [1.82, 2.24) is 4.90 Å². The molecule has 0 unspecified atom stereocenters. The van der Waals surface area contributed by atoms with Gasteiger partial charge in [0.2, 0.25) is 0 Å². The lowest BCUT2D eigenvalue weighted by atomic mass is 10.1. The fourth-order valence-electron chi connectivity index (χ4n) is 2.05. The minimum Gasteiger partial charge on any atom is -0.348 e. The van der Waals surface area contributed by atoms with Crippen LogP contribution in [0.2, 0.25) is 0 Å². The van der Waals surface area contributed by atoms with Crippen LogP contribution in [-0.4, -0.2) is 17.1 Å². The van der Waals surface area contributed by atoms with Gasteiger partial charge in [-0.2, -0.15) is 0 Å². The Morgan fingerprint density at radius 1 is 1.14 bits per heavy atom. The normalized spacial score (nSPS) is 10.3. The maximum atomic E-state index is 5.50. The highest BCUT2D eigenvalue weighted by molar-refractivity contribution is 9.10. The summed E-state index contributed by atoms with van der Waals surface area (Å²) in [5.74, 6) is 0. The summed E-state index contributed by atoms with van der Waals surface area (Å²) in [6, 6.07) is 14.4. The summed E-state index contributed by atoms with van der Waals surface area (Å²) in [5, 5.41) is 4.05. The molecule has 0 spiro atoms. The Morgan fingerprint density at radius 2 is 1.86 bits per heavy atom. The number of benzene rings is 2. The fraction of sp³-hybridized carbons (Fsp3) is 0.235. The van der Waals surface area contributed by atoms with Gasteiger partial charge in [-0.1, -0.05) is 46.3 Å². The molecule has 2 rings (SSSR count). The third-order valence-corrected chi connectivity index (χ3v) is 4.75. The molecule has 4 heteroatoms. The molecule has 110 valence electrons. The van der Waals surface area contributed by atoms with Crippen LogP contribution in [0.5, 0.6) is 0 Å². The Balaban J connectivity index is 2.06. The average Bonchev–Trinajstić information content (AvgIpc) is 2.46. The van der Waals surface area contributed by atoms with E-state index in [1.165, 1.54) is 16.7 Å². The van der Waals surface area contributed by atoms with Gasteiger partial charge < -0.3 is 10.2 Å². The highest BCUT2D eigenvalue weighted by Gasteiger charge is 2.09. The Hall–Kier alpha value is -1.39. The van der Waals surface area contributed by atoms with E-state index in [9.17, 15) is 0 Å². The summed E-state index contributed by atoms with van der Waals surface area (Å²) in [6.07, 6.45) is 0. The topological polar surface area (TPSA) is 15.3 Å². The number of rotatable bonds is 3. The molecule has 0 aromatic heterocycles. The molecular weight excluding hydrogens is 344 g/mol. The highest BCUT2D eigenvalue weighted by atomic mass is 79.9. The largest absolute Gasteiger partial charge is 0.348 e. The number of thiocarbonyl (C=S) groups is 1. The van der Waals surface area contributed by atoms with Gasteiger partial charge in [0.1, 0.15) is 0 Å². The van der Waals surface area contributed by atoms with E-state index in [-0.39, 0.29) is 0 Å².